The Morgan fingerprint density at radius 1 is 1.60 bits per heavy atom. The molecule has 0 saturated carbocycles. The summed E-state index contributed by atoms with van der Waals surface area (Å²) < 4.78 is 0. The van der Waals surface area contributed by atoms with Gasteiger partial charge in [0.05, 0.1) is 6.20 Å². The third kappa shape index (κ3) is 1.66. The van der Waals surface area contributed by atoms with Crippen molar-refractivity contribution in [3.05, 3.63) is 28.7 Å². The second-order valence-corrected chi connectivity index (χ2v) is 1.36. The van der Waals surface area contributed by atoms with Crippen molar-refractivity contribution < 1.29 is 9.92 Å². The van der Waals surface area contributed by atoms with Crippen molar-refractivity contribution in [1.29, 1.82) is 0 Å². The number of aromatic nitrogens is 2. The lowest BCUT2D eigenvalue weighted by molar-refractivity contribution is -0.712. The molecule has 1 aromatic rings. The van der Waals surface area contributed by atoms with Crippen LogP contribution < -0.4 is 4.84 Å². The zero-order valence-electron chi connectivity index (χ0n) is 4.80. The molecule has 1 aromatic heterocycles. The molecule has 1 rings (SSSR count). The Morgan fingerprint density at radius 2 is 2.40 bits per heavy atom. The van der Waals surface area contributed by atoms with Crippen LogP contribution in [0.25, 0.3) is 0 Å². The van der Waals surface area contributed by atoms with Crippen molar-refractivity contribution in [3.8, 4) is 5.88 Å². The quantitative estimate of drug-likeness (QED) is 0.429. The van der Waals surface area contributed by atoms with Gasteiger partial charge in [0.15, 0.2) is 0 Å². The molecule has 52 valence electrons. The van der Waals surface area contributed by atoms with Crippen molar-refractivity contribution in [2.24, 2.45) is 0 Å². The van der Waals surface area contributed by atoms with Crippen LogP contribution in [0, 0.1) is 10.1 Å². The second kappa shape index (κ2) is 2.72. The van der Waals surface area contributed by atoms with Crippen LogP contribution >= 0.6 is 0 Å². The highest BCUT2D eigenvalue weighted by atomic mass is 17.0. The fourth-order valence-electron chi connectivity index (χ4n) is 0.409. The number of hydrogen-bond donors (Lipinski definition) is 0. The maximum absolute atomic E-state index is 9.68. The zero-order valence-corrected chi connectivity index (χ0v) is 4.80. The van der Waals surface area contributed by atoms with Crippen molar-refractivity contribution in [3.63, 3.8) is 0 Å². The van der Waals surface area contributed by atoms with E-state index in [-0.39, 0.29) is 5.88 Å². The van der Waals surface area contributed by atoms with Crippen molar-refractivity contribution in [2.75, 3.05) is 0 Å². The predicted molar refractivity (Wildman–Crippen MR) is 29.7 cm³/mol. The van der Waals surface area contributed by atoms with Crippen molar-refractivity contribution in [2.45, 2.75) is 0 Å². The van der Waals surface area contributed by atoms with Crippen LogP contribution in [0.2, 0.25) is 0 Å². The number of nitrogens with zero attached hydrogens (tertiary/aromatic N) is 3. The molecule has 10 heavy (non-hydrogen) atoms. The Labute approximate surface area is 55.6 Å². The van der Waals surface area contributed by atoms with Crippen LogP contribution in [-0.4, -0.2) is 15.1 Å². The van der Waals surface area contributed by atoms with Gasteiger partial charge < -0.3 is 0 Å². The summed E-state index contributed by atoms with van der Waals surface area (Å²) in [4.78, 5) is 20.7. The highest BCUT2D eigenvalue weighted by Crippen LogP contribution is 1.99. The van der Waals surface area contributed by atoms with E-state index in [0.29, 0.717) is 0 Å². The predicted octanol–water partition coefficient (Wildman–Crippen LogP) is 0.0471. The number of hydrogen-bond acceptors (Lipinski definition) is 5. The molecule has 0 N–H and O–H groups in total. The average molecular weight is 141 g/mol. The molecule has 1 heterocycles. The fraction of sp³-hybridized carbons (Fsp3) is 0. The molecular formula is C4H3N3O3. The first kappa shape index (κ1) is 6.40. The molecule has 0 amide bonds. The second-order valence-electron chi connectivity index (χ2n) is 1.36. The van der Waals surface area contributed by atoms with Crippen LogP contribution in [0.5, 0.6) is 5.88 Å². The van der Waals surface area contributed by atoms with Gasteiger partial charge in [-0.2, -0.15) is 0 Å². The maximum Gasteiger partial charge on any atom is 0.301 e. The van der Waals surface area contributed by atoms with E-state index in [4.69, 9.17) is 0 Å². The summed E-state index contributed by atoms with van der Waals surface area (Å²) in [5, 5.41) is 8.74. The largest absolute Gasteiger partial charge is 0.301 e. The van der Waals surface area contributed by atoms with E-state index >= 15 is 0 Å². The van der Waals surface area contributed by atoms with E-state index in [2.05, 4.69) is 14.8 Å². The van der Waals surface area contributed by atoms with Crippen LogP contribution in [0.3, 0.4) is 0 Å². The fourth-order valence-corrected chi connectivity index (χ4v) is 0.409. The van der Waals surface area contributed by atoms with Crippen LogP contribution in [0.1, 0.15) is 0 Å². The molecule has 6 nitrogen and oxygen atoms in total. The zero-order chi connectivity index (χ0) is 7.40. The lowest BCUT2D eigenvalue weighted by Crippen LogP contribution is -2.04. The molecule has 6 heteroatoms. The summed E-state index contributed by atoms with van der Waals surface area (Å²) in [5.74, 6) is -0.118. The Bertz CT molecular complexity index is 224. The molecule has 0 aromatic carbocycles. The van der Waals surface area contributed by atoms with Gasteiger partial charge in [0.25, 0.3) is 0 Å². The summed E-state index contributed by atoms with van der Waals surface area (Å²) in [6.45, 7) is 0. The lowest BCUT2D eigenvalue weighted by Gasteiger charge is -1.91. The summed E-state index contributed by atoms with van der Waals surface area (Å²) in [6, 6.07) is 0. The van der Waals surface area contributed by atoms with Gasteiger partial charge in [-0.15, -0.1) is 10.1 Å². The summed E-state index contributed by atoms with van der Waals surface area (Å²) in [7, 11) is 0. The van der Waals surface area contributed by atoms with Gasteiger partial charge in [0.1, 0.15) is 0 Å². The highest BCUT2D eigenvalue weighted by Gasteiger charge is 1.97. The van der Waals surface area contributed by atoms with Crippen LogP contribution in [0.15, 0.2) is 18.6 Å². The minimum atomic E-state index is -0.940. The van der Waals surface area contributed by atoms with Gasteiger partial charge in [-0.3, -0.25) is 9.82 Å². The molecule has 0 spiro atoms. The molecule has 0 atom stereocenters. The van der Waals surface area contributed by atoms with Gasteiger partial charge >= 0.3 is 5.09 Å². The van der Waals surface area contributed by atoms with Crippen LogP contribution in [-0.2, 0) is 0 Å². The Balaban J connectivity index is 2.67. The first-order chi connectivity index (χ1) is 4.79. The first-order valence-electron chi connectivity index (χ1n) is 2.37. The number of rotatable bonds is 2. The molecule has 0 fully saturated rings. The van der Waals surface area contributed by atoms with Gasteiger partial charge in [0.2, 0.25) is 5.88 Å². The smallest absolute Gasteiger partial charge is 0.259 e. The molecule has 0 aliphatic carbocycles. The van der Waals surface area contributed by atoms with Gasteiger partial charge in [0, 0.05) is 12.4 Å². The summed E-state index contributed by atoms with van der Waals surface area (Å²) in [6.07, 6.45) is 3.86. The SMILES string of the molecule is O=[N+]([O-])Oc1cnccn1. The summed E-state index contributed by atoms with van der Waals surface area (Å²) in [5.41, 5.74) is 0. The summed E-state index contributed by atoms with van der Waals surface area (Å²) >= 11 is 0. The molecule has 0 bridgehead atoms. The molecule has 0 aliphatic rings. The van der Waals surface area contributed by atoms with E-state index in [1.807, 2.05) is 0 Å². The minimum Gasteiger partial charge on any atom is -0.259 e. The van der Waals surface area contributed by atoms with Crippen LogP contribution in [0.4, 0.5) is 0 Å². The molecular weight excluding hydrogens is 138 g/mol. The highest BCUT2D eigenvalue weighted by molar-refractivity contribution is 4.99. The molecule has 0 saturated heterocycles. The van der Waals surface area contributed by atoms with Gasteiger partial charge in [-0.25, -0.2) is 4.98 Å². The molecule has 0 radical (unpaired) electrons. The Hall–Kier alpha value is -1.72. The van der Waals surface area contributed by atoms with Gasteiger partial charge in [-0.1, -0.05) is 0 Å². The van der Waals surface area contributed by atoms with E-state index in [1.54, 1.807) is 0 Å². The lowest BCUT2D eigenvalue weighted by atomic mass is 10.7. The van der Waals surface area contributed by atoms with E-state index in [9.17, 15) is 10.1 Å². The van der Waals surface area contributed by atoms with E-state index in [1.165, 1.54) is 12.4 Å². The minimum absolute atomic E-state index is 0.118. The molecule has 0 aliphatic heterocycles. The Kier molecular flexibility index (Phi) is 1.74. The third-order valence-electron chi connectivity index (χ3n) is 0.708. The third-order valence-corrected chi connectivity index (χ3v) is 0.708. The van der Waals surface area contributed by atoms with E-state index in [0.717, 1.165) is 6.20 Å². The standard InChI is InChI=1S/C4H3N3O3/c8-7(9)10-4-3-5-1-2-6-4/h1-3H. The first-order valence-corrected chi connectivity index (χ1v) is 2.37. The topological polar surface area (TPSA) is 78.2 Å². The monoisotopic (exact) mass is 141 g/mol. The van der Waals surface area contributed by atoms with Crippen molar-refractivity contribution >= 4 is 0 Å². The normalized spacial score (nSPS) is 8.80. The van der Waals surface area contributed by atoms with Gasteiger partial charge in [-0.05, 0) is 0 Å². The average Bonchev–Trinajstić information content (AvgIpc) is 1.88. The maximum atomic E-state index is 9.68. The van der Waals surface area contributed by atoms with E-state index < -0.39 is 5.09 Å². The van der Waals surface area contributed by atoms with Crippen molar-refractivity contribution in [1.82, 2.24) is 9.97 Å². The Morgan fingerprint density at radius 3 is 2.90 bits per heavy atom. The molecule has 0 unspecified atom stereocenters.